The molecule has 0 unspecified atom stereocenters. The predicted molar refractivity (Wildman–Crippen MR) is 124 cm³/mol. The molecule has 162 valence electrons. The van der Waals surface area contributed by atoms with Gasteiger partial charge < -0.3 is 16.2 Å². The van der Waals surface area contributed by atoms with Crippen molar-refractivity contribution >= 4 is 23.6 Å². The van der Waals surface area contributed by atoms with Crippen LogP contribution in [0.5, 0.6) is 0 Å². The first-order chi connectivity index (χ1) is 14.9. The van der Waals surface area contributed by atoms with Crippen LogP contribution in [0.3, 0.4) is 0 Å². The fourth-order valence-electron chi connectivity index (χ4n) is 4.43. The lowest BCUT2D eigenvalue weighted by Crippen LogP contribution is -2.58. The van der Waals surface area contributed by atoms with E-state index in [1.165, 1.54) is 6.42 Å². The lowest BCUT2D eigenvalue weighted by Gasteiger charge is -2.45. The van der Waals surface area contributed by atoms with E-state index in [0.29, 0.717) is 11.5 Å². The van der Waals surface area contributed by atoms with Crippen molar-refractivity contribution in [3.8, 4) is 11.1 Å². The maximum atomic E-state index is 12.3. The smallest absolute Gasteiger partial charge is 0.338 e. The topological polar surface area (TPSA) is 106 Å². The van der Waals surface area contributed by atoms with E-state index in [9.17, 15) is 4.79 Å². The summed E-state index contributed by atoms with van der Waals surface area (Å²) >= 11 is 0. The van der Waals surface area contributed by atoms with Crippen molar-refractivity contribution in [1.29, 1.82) is 0 Å². The number of hydrogen-bond acceptors (Lipinski definition) is 7. The molecule has 1 saturated carbocycles. The van der Waals surface area contributed by atoms with Crippen molar-refractivity contribution in [3.05, 3.63) is 54.1 Å². The Hall–Kier alpha value is -3.35. The standard InChI is InChI=1S/C24H29N5O2/c1-16(2)31-21(30)19-10-6-8-17(14-19)18-9-7-11-20(15-18)29-23(26)27-22(25)28-24(29)12-4-3-5-13-24/h6-11,14-16H,3-5,12-13H2,1-2H3,(H4,25,26,27,28). The Balaban J connectivity index is 1.70. The molecule has 4 N–H and O–H groups in total. The van der Waals surface area contributed by atoms with Crippen molar-refractivity contribution in [3.63, 3.8) is 0 Å². The first kappa shape index (κ1) is 20.9. The highest BCUT2D eigenvalue weighted by Crippen LogP contribution is 2.40. The molecule has 0 amide bonds. The van der Waals surface area contributed by atoms with Gasteiger partial charge in [-0.05, 0) is 74.9 Å². The quantitative estimate of drug-likeness (QED) is 0.728. The summed E-state index contributed by atoms with van der Waals surface area (Å²) in [5.41, 5.74) is 15.2. The lowest BCUT2D eigenvalue weighted by molar-refractivity contribution is 0.0378. The summed E-state index contributed by atoms with van der Waals surface area (Å²) in [5.74, 6) is 0.273. The zero-order valence-electron chi connectivity index (χ0n) is 18.0. The van der Waals surface area contributed by atoms with E-state index >= 15 is 0 Å². The molecule has 1 spiro atoms. The van der Waals surface area contributed by atoms with Gasteiger partial charge in [-0.3, -0.25) is 4.90 Å². The van der Waals surface area contributed by atoms with Gasteiger partial charge in [-0.15, -0.1) is 0 Å². The second kappa shape index (κ2) is 8.41. The molecule has 1 fully saturated rings. The summed E-state index contributed by atoms with van der Waals surface area (Å²) in [6.45, 7) is 3.68. The van der Waals surface area contributed by atoms with Gasteiger partial charge in [0.05, 0.1) is 11.7 Å². The molecule has 7 heteroatoms. The SMILES string of the molecule is CC(C)OC(=O)c1cccc(-c2cccc(N3C(N)=NC(N)=NC34CCCCC4)c2)c1. The molecule has 1 heterocycles. The Morgan fingerprint density at radius 3 is 2.42 bits per heavy atom. The number of ether oxygens (including phenoxy) is 1. The number of rotatable bonds is 4. The minimum Gasteiger partial charge on any atom is -0.459 e. The summed E-state index contributed by atoms with van der Waals surface area (Å²) in [6.07, 6.45) is 4.91. The van der Waals surface area contributed by atoms with E-state index in [4.69, 9.17) is 21.2 Å². The number of anilines is 1. The molecule has 4 rings (SSSR count). The molecule has 2 aliphatic rings. The summed E-state index contributed by atoms with van der Waals surface area (Å²) in [6, 6.07) is 15.5. The number of guanidine groups is 2. The molecule has 0 bridgehead atoms. The minimum atomic E-state index is -0.490. The lowest BCUT2D eigenvalue weighted by atomic mass is 9.87. The summed E-state index contributed by atoms with van der Waals surface area (Å²) < 4.78 is 5.34. The van der Waals surface area contributed by atoms with E-state index in [-0.39, 0.29) is 18.0 Å². The summed E-state index contributed by atoms with van der Waals surface area (Å²) in [4.78, 5) is 23.3. The molecular weight excluding hydrogens is 390 g/mol. The van der Waals surface area contributed by atoms with Crippen LogP contribution in [-0.4, -0.2) is 29.7 Å². The normalized spacial score (nSPS) is 18.0. The third-order valence-corrected chi connectivity index (χ3v) is 5.73. The van der Waals surface area contributed by atoms with Gasteiger partial charge in [0.2, 0.25) is 11.9 Å². The fourth-order valence-corrected chi connectivity index (χ4v) is 4.43. The van der Waals surface area contributed by atoms with Gasteiger partial charge in [0.1, 0.15) is 5.66 Å². The van der Waals surface area contributed by atoms with E-state index in [2.05, 4.69) is 11.1 Å². The Morgan fingerprint density at radius 2 is 1.71 bits per heavy atom. The van der Waals surface area contributed by atoms with E-state index in [1.54, 1.807) is 6.07 Å². The first-order valence-electron chi connectivity index (χ1n) is 10.8. The highest BCUT2D eigenvalue weighted by molar-refractivity contribution is 6.06. The largest absolute Gasteiger partial charge is 0.459 e. The van der Waals surface area contributed by atoms with Gasteiger partial charge in [0.15, 0.2) is 0 Å². The van der Waals surface area contributed by atoms with Crippen LogP contribution in [0.25, 0.3) is 11.1 Å². The van der Waals surface area contributed by atoms with Crippen LogP contribution < -0.4 is 16.4 Å². The van der Waals surface area contributed by atoms with Crippen molar-refractivity contribution in [1.82, 2.24) is 0 Å². The highest BCUT2D eigenvalue weighted by Gasteiger charge is 2.42. The summed E-state index contributed by atoms with van der Waals surface area (Å²) in [5, 5.41) is 0. The van der Waals surface area contributed by atoms with Gasteiger partial charge in [-0.1, -0.05) is 30.7 Å². The molecule has 0 atom stereocenters. The number of benzene rings is 2. The molecule has 0 aromatic heterocycles. The van der Waals surface area contributed by atoms with Crippen LogP contribution >= 0.6 is 0 Å². The molecule has 2 aromatic carbocycles. The number of carbonyl (C=O) groups excluding carboxylic acids is 1. The van der Waals surface area contributed by atoms with Gasteiger partial charge in [-0.25, -0.2) is 9.79 Å². The molecule has 1 aliphatic heterocycles. The second-order valence-electron chi connectivity index (χ2n) is 8.40. The predicted octanol–water partition coefficient (Wildman–Crippen LogP) is 4.03. The molecular formula is C24H29N5O2. The number of esters is 1. The average molecular weight is 420 g/mol. The Kier molecular flexibility index (Phi) is 5.67. The van der Waals surface area contributed by atoms with Crippen LogP contribution in [0, 0.1) is 0 Å². The molecule has 31 heavy (non-hydrogen) atoms. The third-order valence-electron chi connectivity index (χ3n) is 5.73. The maximum absolute atomic E-state index is 12.3. The molecule has 0 radical (unpaired) electrons. The zero-order chi connectivity index (χ0) is 22.0. The van der Waals surface area contributed by atoms with Crippen LogP contribution in [0.2, 0.25) is 0 Å². The van der Waals surface area contributed by atoms with Crippen LogP contribution in [0.1, 0.15) is 56.3 Å². The highest BCUT2D eigenvalue weighted by atomic mass is 16.5. The van der Waals surface area contributed by atoms with Gasteiger partial charge >= 0.3 is 5.97 Å². The molecule has 2 aromatic rings. The minimum absolute atomic E-state index is 0.166. The monoisotopic (exact) mass is 419 g/mol. The van der Waals surface area contributed by atoms with E-state index in [0.717, 1.165) is 42.5 Å². The Labute approximate surface area is 182 Å². The second-order valence-corrected chi connectivity index (χ2v) is 8.40. The first-order valence-corrected chi connectivity index (χ1v) is 10.8. The van der Waals surface area contributed by atoms with Crippen LogP contribution in [0.4, 0.5) is 5.69 Å². The van der Waals surface area contributed by atoms with Gasteiger partial charge in [0.25, 0.3) is 0 Å². The Bertz CT molecular complexity index is 1040. The van der Waals surface area contributed by atoms with E-state index in [1.807, 2.05) is 55.1 Å². The number of hydrogen-bond donors (Lipinski definition) is 2. The molecule has 1 aliphatic carbocycles. The third kappa shape index (κ3) is 4.26. The van der Waals surface area contributed by atoms with Crippen molar-refractivity contribution in [2.45, 2.75) is 57.7 Å². The molecule has 7 nitrogen and oxygen atoms in total. The number of carbonyl (C=O) groups is 1. The van der Waals surface area contributed by atoms with E-state index < -0.39 is 5.66 Å². The maximum Gasteiger partial charge on any atom is 0.338 e. The number of nitrogens with zero attached hydrogens (tertiary/aromatic N) is 3. The van der Waals surface area contributed by atoms with Crippen molar-refractivity contribution < 1.29 is 9.53 Å². The Morgan fingerprint density at radius 1 is 1.03 bits per heavy atom. The van der Waals surface area contributed by atoms with Gasteiger partial charge in [-0.2, -0.15) is 4.99 Å². The van der Waals surface area contributed by atoms with Gasteiger partial charge in [0, 0.05) is 5.69 Å². The number of aliphatic imine (C=N–C) groups is 2. The molecule has 0 saturated heterocycles. The average Bonchev–Trinajstić information content (AvgIpc) is 2.73. The van der Waals surface area contributed by atoms with Crippen LogP contribution in [-0.2, 0) is 4.74 Å². The fraction of sp³-hybridized carbons (Fsp3) is 0.375. The zero-order valence-corrected chi connectivity index (χ0v) is 18.0. The van der Waals surface area contributed by atoms with Crippen LogP contribution in [0.15, 0.2) is 58.5 Å². The number of nitrogens with two attached hydrogens (primary N) is 2. The van der Waals surface area contributed by atoms with Crippen molar-refractivity contribution in [2.24, 2.45) is 21.5 Å². The summed E-state index contributed by atoms with van der Waals surface area (Å²) in [7, 11) is 0. The van der Waals surface area contributed by atoms with Crippen molar-refractivity contribution in [2.75, 3.05) is 4.90 Å².